The normalized spacial score (nSPS) is 20.3. The predicted molar refractivity (Wildman–Crippen MR) is 118 cm³/mol. The molecule has 172 valence electrons. The summed E-state index contributed by atoms with van der Waals surface area (Å²) in [7, 11) is 0. The van der Waals surface area contributed by atoms with Crippen molar-refractivity contribution >= 4 is 17.4 Å². The average molecular weight is 455 g/mol. The molecule has 2 aromatic rings. The maximum Gasteiger partial charge on any atom is 0.416 e. The van der Waals surface area contributed by atoms with Gasteiger partial charge in [-0.25, -0.2) is 0 Å². The van der Waals surface area contributed by atoms with E-state index in [2.05, 4.69) is 15.6 Å². The predicted octanol–water partition coefficient (Wildman–Crippen LogP) is 5.34. The summed E-state index contributed by atoms with van der Waals surface area (Å²) in [5, 5.41) is 5.81. The van der Waals surface area contributed by atoms with Gasteiger partial charge in [0, 0.05) is 40.8 Å². The van der Waals surface area contributed by atoms with E-state index >= 15 is 0 Å². The lowest BCUT2D eigenvalue weighted by molar-refractivity contribution is -0.137. The lowest BCUT2D eigenvalue weighted by atomic mass is 9.69. The van der Waals surface area contributed by atoms with Crippen molar-refractivity contribution in [2.45, 2.75) is 45.7 Å². The van der Waals surface area contributed by atoms with Gasteiger partial charge >= 0.3 is 6.18 Å². The van der Waals surface area contributed by atoms with E-state index < -0.39 is 23.6 Å². The number of rotatable bonds is 3. The lowest BCUT2D eigenvalue weighted by Gasteiger charge is -2.39. The molecule has 33 heavy (non-hydrogen) atoms. The molecule has 1 unspecified atom stereocenters. The number of carbonyl (C=O) groups excluding carboxylic acids is 2. The second-order valence-electron chi connectivity index (χ2n) is 9.22. The van der Waals surface area contributed by atoms with Gasteiger partial charge in [0.2, 0.25) is 0 Å². The zero-order valence-corrected chi connectivity index (χ0v) is 18.5. The van der Waals surface area contributed by atoms with Crippen LogP contribution in [-0.4, -0.2) is 16.7 Å². The van der Waals surface area contributed by atoms with E-state index in [1.54, 1.807) is 31.3 Å². The van der Waals surface area contributed by atoms with Gasteiger partial charge in [0.1, 0.15) is 0 Å². The van der Waals surface area contributed by atoms with Crippen molar-refractivity contribution in [1.82, 2.24) is 10.3 Å². The first-order chi connectivity index (χ1) is 15.5. The Morgan fingerprint density at radius 2 is 1.91 bits per heavy atom. The molecular weight excluding hydrogens is 431 g/mol. The quantitative estimate of drug-likeness (QED) is 0.655. The summed E-state index contributed by atoms with van der Waals surface area (Å²) < 4.78 is 39.3. The van der Waals surface area contributed by atoms with Gasteiger partial charge in [0.05, 0.1) is 17.2 Å². The van der Waals surface area contributed by atoms with Crippen LogP contribution in [0.4, 0.5) is 18.9 Å². The Kier molecular flexibility index (Phi) is 5.64. The van der Waals surface area contributed by atoms with Crippen molar-refractivity contribution in [3.8, 4) is 0 Å². The zero-order valence-electron chi connectivity index (χ0n) is 18.5. The molecule has 5 nitrogen and oxygen atoms in total. The van der Waals surface area contributed by atoms with Crippen LogP contribution >= 0.6 is 0 Å². The molecule has 1 aliphatic heterocycles. The number of Topliss-reactive ketones (excluding diaryl/α,β-unsaturated/α-hetero) is 1. The Labute approximate surface area is 189 Å². The molecule has 1 aromatic heterocycles. The Morgan fingerprint density at radius 1 is 1.15 bits per heavy atom. The van der Waals surface area contributed by atoms with Crippen LogP contribution in [0.15, 0.2) is 71.2 Å². The van der Waals surface area contributed by atoms with E-state index in [9.17, 15) is 22.8 Å². The number of anilines is 1. The van der Waals surface area contributed by atoms with Crippen LogP contribution in [0.2, 0.25) is 0 Å². The molecule has 0 fully saturated rings. The Morgan fingerprint density at radius 3 is 2.58 bits per heavy atom. The van der Waals surface area contributed by atoms with Crippen molar-refractivity contribution in [3.63, 3.8) is 0 Å². The van der Waals surface area contributed by atoms with Gasteiger partial charge in [-0.15, -0.1) is 0 Å². The van der Waals surface area contributed by atoms with Crippen LogP contribution in [0.25, 0.3) is 0 Å². The minimum atomic E-state index is -4.53. The first kappa shape index (κ1) is 22.8. The van der Waals surface area contributed by atoms with Gasteiger partial charge in [0.15, 0.2) is 5.78 Å². The number of ketones is 1. The van der Waals surface area contributed by atoms with Crippen LogP contribution in [-0.2, 0) is 15.8 Å². The zero-order chi connectivity index (χ0) is 24.0. The van der Waals surface area contributed by atoms with Gasteiger partial charge in [0.25, 0.3) is 5.91 Å². The first-order valence-corrected chi connectivity index (χ1v) is 10.6. The summed E-state index contributed by atoms with van der Waals surface area (Å²) in [5.41, 5.74) is 1.53. The highest BCUT2D eigenvalue weighted by atomic mass is 19.4. The van der Waals surface area contributed by atoms with E-state index in [-0.39, 0.29) is 22.5 Å². The Balaban J connectivity index is 1.76. The molecule has 1 atom stereocenters. The van der Waals surface area contributed by atoms with Crippen LogP contribution in [0.1, 0.15) is 50.8 Å². The van der Waals surface area contributed by atoms with Crippen LogP contribution in [0.5, 0.6) is 0 Å². The maximum atomic E-state index is 13.4. The molecule has 2 heterocycles. The fourth-order valence-electron chi connectivity index (χ4n) is 4.55. The minimum absolute atomic E-state index is 0.0192. The largest absolute Gasteiger partial charge is 0.416 e. The lowest BCUT2D eigenvalue weighted by Crippen LogP contribution is -2.39. The highest BCUT2D eigenvalue weighted by Gasteiger charge is 2.43. The third-order valence-corrected chi connectivity index (χ3v) is 5.92. The third-order valence-electron chi connectivity index (χ3n) is 5.92. The molecular formula is C25H24F3N3O2. The van der Waals surface area contributed by atoms with Crippen molar-refractivity contribution in [3.05, 3.63) is 82.5 Å². The van der Waals surface area contributed by atoms with Crippen LogP contribution in [0, 0.1) is 5.41 Å². The average Bonchev–Trinajstić information content (AvgIpc) is 2.72. The summed E-state index contributed by atoms with van der Waals surface area (Å²) in [4.78, 5) is 31.0. The number of aromatic nitrogens is 1. The van der Waals surface area contributed by atoms with Gasteiger partial charge < -0.3 is 10.6 Å². The van der Waals surface area contributed by atoms with Gasteiger partial charge in [-0.05, 0) is 49.1 Å². The van der Waals surface area contributed by atoms with Crippen LogP contribution < -0.4 is 10.6 Å². The van der Waals surface area contributed by atoms with Crippen molar-refractivity contribution in [1.29, 1.82) is 0 Å². The number of nitrogens with one attached hydrogen (secondary N) is 2. The standard InChI is InChI=1S/C25H24F3N3O2/c1-14-20(23(33)31-16-8-6-7-15(11-16)25(26,27)28)22(17-9-4-5-10-29-17)21-18(30-14)12-24(2,3)13-19(21)32/h4-11,22,30H,12-13H2,1-3H3,(H,31,33). The molecule has 0 saturated carbocycles. The van der Waals surface area contributed by atoms with Crippen molar-refractivity contribution < 1.29 is 22.8 Å². The van der Waals surface area contributed by atoms with E-state index in [4.69, 9.17) is 0 Å². The number of benzene rings is 1. The summed E-state index contributed by atoms with van der Waals surface area (Å²) >= 11 is 0. The molecule has 0 radical (unpaired) electrons. The molecule has 1 amide bonds. The van der Waals surface area contributed by atoms with E-state index in [0.717, 1.165) is 17.8 Å². The number of carbonyl (C=O) groups is 2. The van der Waals surface area contributed by atoms with Gasteiger partial charge in [-0.1, -0.05) is 26.0 Å². The van der Waals surface area contributed by atoms with E-state index in [0.29, 0.717) is 29.8 Å². The fourth-order valence-corrected chi connectivity index (χ4v) is 4.55. The smallest absolute Gasteiger partial charge is 0.362 e. The SMILES string of the molecule is CC1=C(C(=O)Nc2cccc(C(F)(F)F)c2)C(c2ccccn2)C2=C(CC(C)(C)CC2=O)N1. The molecule has 8 heteroatoms. The number of pyridine rings is 1. The highest BCUT2D eigenvalue weighted by molar-refractivity contribution is 6.09. The Hall–Kier alpha value is -3.42. The second-order valence-corrected chi connectivity index (χ2v) is 9.22. The summed E-state index contributed by atoms with van der Waals surface area (Å²) in [5.74, 6) is -1.36. The molecule has 0 saturated heterocycles. The number of halogens is 3. The fraction of sp³-hybridized carbons (Fsp3) is 0.320. The summed E-state index contributed by atoms with van der Waals surface area (Å²) in [6.45, 7) is 5.76. The molecule has 0 bridgehead atoms. The first-order valence-electron chi connectivity index (χ1n) is 10.6. The summed E-state index contributed by atoms with van der Waals surface area (Å²) in [6, 6.07) is 9.73. The third kappa shape index (κ3) is 4.55. The van der Waals surface area contributed by atoms with Gasteiger partial charge in [-0.3, -0.25) is 14.6 Å². The Bertz CT molecular complexity index is 1180. The topological polar surface area (TPSA) is 71.1 Å². The highest BCUT2D eigenvalue weighted by Crippen LogP contribution is 2.46. The van der Waals surface area contributed by atoms with Crippen molar-refractivity contribution in [2.24, 2.45) is 5.41 Å². The number of dihydropyridines is 1. The molecule has 2 N–H and O–H groups in total. The molecule has 1 aromatic carbocycles. The molecule has 4 rings (SSSR count). The number of nitrogens with zero attached hydrogens (tertiary/aromatic N) is 1. The van der Waals surface area contributed by atoms with Crippen molar-refractivity contribution in [2.75, 3.05) is 5.32 Å². The number of allylic oxidation sites excluding steroid dienone is 3. The number of amides is 1. The van der Waals surface area contributed by atoms with E-state index in [1.807, 2.05) is 13.8 Å². The maximum absolute atomic E-state index is 13.4. The van der Waals surface area contributed by atoms with Gasteiger partial charge in [-0.2, -0.15) is 13.2 Å². The number of hydrogen-bond acceptors (Lipinski definition) is 4. The monoisotopic (exact) mass is 455 g/mol. The molecule has 0 spiro atoms. The molecule has 2 aliphatic rings. The molecule has 1 aliphatic carbocycles. The number of alkyl halides is 3. The number of hydrogen-bond donors (Lipinski definition) is 2. The van der Waals surface area contributed by atoms with E-state index in [1.165, 1.54) is 12.1 Å². The van der Waals surface area contributed by atoms with Crippen LogP contribution in [0.3, 0.4) is 0 Å². The summed E-state index contributed by atoms with van der Waals surface area (Å²) in [6.07, 6.45) is -1.97. The second kappa shape index (κ2) is 8.17. The minimum Gasteiger partial charge on any atom is -0.362 e.